The first-order valence-electron chi connectivity index (χ1n) is 10.2. The fourth-order valence-corrected chi connectivity index (χ4v) is 3.15. The van der Waals surface area contributed by atoms with Crippen LogP contribution in [0, 0.1) is 12.8 Å². The van der Waals surface area contributed by atoms with Gasteiger partial charge in [0.15, 0.2) is 5.96 Å². The zero-order valence-corrected chi connectivity index (χ0v) is 17.6. The average Bonchev–Trinajstić information content (AvgIpc) is 3.28. The van der Waals surface area contributed by atoms with Gasteiger partial charge in [-0.2, -0.15) is 0 Å². The minimum atomic E-state index is -0.137. The van der Waals surface area contributed by atoms with Crippen LogP contribution in [0.4, 0.5) is 5.69 Å². The lowest BCUT2D eigenvalue weighted by Crippen LogP contribution is -2.41. The molecule has 0 saturated carbocycles. The standard InChI is InChI=1S/C23H30N4O3/c1-17-8-9-19(21(12-17)30-16-18-10-11-29-15-18)13-25-23(24-2)26-14-22(28)27-20-6-4-3-5-7-20/h3-9,12,18H,10-11,13-16H2,1-2H3,(H,27,28)(H2,24,25,26). The van der Waals surface area contributed by atoms with Crippen LogP contribution in [0.1, 0.15) is 17.5 Å². The Bertz CT molecular complexity index is 849. The molecule has 1 atom stereocenters. The topological polar surface area (TPSA) is 84.0 Å². The van der Waals surface area contributed by atoms with Crippen LogP contribution in [-0.4, -0.2) is 45.3 Å². The van der Waals surface area contributed by atoms with Crippen molar-refractivity contribution < 1.29 is 14.3 Å². The van der Waals surface area contributed by atoms with Crippen molar-refractivity contribution in [3.63, 3.8) is 0 Å². The SMILES string of the molecule is CN=C(NCC(=O)Nc1ccccc1)NCc1ccc(C)cc1OCC1CCOC1. The van der Waals surface area contributed by atoms with Crippen molar-refractivity contribution in [3.8, 4) is 5.75 Å². The number of hydrogen-bond donors (Lipinski definition) is 3. The highest BCUT2D eigenvalue weighted by Gasteiger charge is 2.17. The van der Waals surface area contributed by atoms with Crippen molar-refractivity contribution in [2.24, 2.45) is 10.9 Å². The number of aryl methyl sites for hydroxylation is 1. The summed E-state index contributed by atoms with van der Waals surface area (Å²) in [5.74, 6) is 1.73. The molecule has 0 aliphatic carbocycles. The van der Waals surface area contributed by atoms with Gasteiger partial charge >= 0.3 is 0 Å². The average molecular weight is 411 g/mol. The van der Waals surface area contributed by atoms with Crippen molar-refractivity contribution in [2.45, 2.75) is 19.9 Å². The number of amides is 1. The Morgan fingerprint density at radius 2 is 2.03 bits per heavy atom. The molecule has 1 amide bonds. The zero-order valence-electron chi connectivity index (χ0n) is 17.6. The van der Waals surface area contributed by atoms with Gasteiger partial charge in [0, 0.05) is 37.4 Å². The number of aliphatic imine (C=N–C) groups is 1. The number of para-hydroxylation sites is 1. The number of hydrogen-bond acceptors (Lipinski definition) is 4. The Hall–Kier alpha value is -3.06. The van der Waals surface area contributed by atoms with E-state index in [0.717, 1.165) is 42.2 Å². The molecule has 7 heteroatoms. The minimum Gasteiger partial charge on any atom is -0.493 e. The first-order chi connectivity index (χ1) is 14.6. The Morgan fingerprint density at radius 3 is 2.77 bits per heavy atom. The molecular formula is C23H30N4O3. The number of carbonyl (C=O) groups excluding carboxylic acids is 1. The van der Waals surface area contributed by atoms with E-state index in [2.05, 4.69) is 46.1 Å². The van der Waals surface area contributed by atoms with Gasteiger partial charge in [-0.25, -0.2) is 0 Å². The van der Waals surface area contributed by atoms with Crippen LogP contribution in [0.5, 0.6) is 5.75 Å². The number of carbonyl (C=O) groups is 1. The smallest absolute Gasteiger partial charge is 0.243 e. The van der Waals surface area contributed by atoms with Crippen molar-refractivity contribution >= 4 is 17.6 Å². The first kappa shape index (κ1) is 21.6. The molecule has 3 rings (SSSR count). The quantitative estimate of drug-likeness (QED) is 0.460. The van der Waals surface area contributed by atoms with Gasteiger partial charge in [0.1, 0.15) is 5.75 Å². The maximum atomic E-state index is 12.1. The van der Waals surface area contributed by atoms with E-state index in [4.69, 9.17) is 9.47 Å². The normalized spacial score (nSPS) is 16.2. The molecular weight excluding hydrogens is 380 g/mol. The molecule has 1 fully saturated rings. The van der Waals surface area contributed by atoms with Crippen molar-refractivity contribution in [1.29, 1.82) is 0 Å². The summed E-state index contributed by atoms with van der Waals surface area (Å²) in [6.07, 6.45) is 1.04. The fraction of sp³-hybridized carbons (Fsp3) is 0.391. The van der Waals surface area contributed by atoms with Gasteiger partial charge in [-0.1, -0.05) is 30.3 Å². The minimum absolute atomic E-state index is 0.119. The lowest BCUT2D eigenvalue weighted by atomic mass is 10.1. The third-order valence-corrected chi connectivity index (χ3v) is 4.87. The molecule has 1 saturated heterocycles. The van der Waals surface area contributed by atoms with Gasteiger partial charge < -0.3 is 25.4 Å². The molecule has 30 heavy (non-hydrogen) atoms. The van der Waals surface area contributed by atoms with Crippen LogP contribution in [0.25, 0.3) is 0 Å². The van der Waals surface area contributed by atoms with Gasteiger partial charge in [-0.05, 0) is 37.1 Å². The van der Waals surface area contributed by atoms with E-state index in [-0.39, 0.29) is 12.5 Å². The highest BCUT2D eigenvalue weighted by Crippen LogP contribution is 2.22. The molecule has 1 aliphatic heterocycles. The summed E-state index contributed by atoms with van der Waals surface area (Å²) in [7, 11) is 1.68. The summed E-state index contributed by atoms with van der Waals surface area (Å²) >= 11 is 0. The molecule has 160 valence electrons. The maximum Gasteiger partial charge on any atom is 0.243 e. The summed E-state index contributed by atoms with van der Waals surface area (Å²) < 4.78 is 11.5. The second kappa shape index (κ2) is 11.2. The predicted octanol–water partition coefficient (Wildman–Crippen LogP) is 2.71. The van der Waals surface area contributed by atoms with Gasteiger partial charge in [0.05, 0.1) is 19.8 Å². The Balaban J connectivity index is 1.49. The summed E-state index contributed by atoms with van der Waals surface area (Å²) in [4.78, 5) is 16.3. The zero-order chi connectivity index (χ0) is 21.2. The Labute approximate surface area is 177 Å². The van der Waals surface area contributed by atoms with Gasteiger partial charge in [0.2, 0.25) is 5.91 Å². The molecule has 3 N–H and O–H groups in total. The van der Waals surface area contributed by atoms with Gasteiger partial charge in [-0.15, -0.1) is 0 Å². The van der Waals surface area contributed by atoms with E-state index < -0.39 is 0 Å². The van der Waals surface area contributed by atoms with E-state index in [1.807, 2.05) is 30.3 Å². The molecule has 2 aromatic carbocycles. The van der Waals surface area contributed by atoms with Gasteiger partial charge in [-0.3, -0.25) is 9.79 Å². The van der Waals surface area contributed by atoms with Gasteiger partial charge in [0.25, 0.3) is 0 Å². The third kappa shape index (κ3) is 6.77. The lowest BCUT2D eigenvalue weighted by Gasteiger charge is -2.17. The highest BCUT2D eigenvalue weighted by molar-refractivity contribution is 5.94. The monoisotopic (exact) mass is 410 g/mol. The number of rotatable bonds is 8. The van der Waals surface area contributed by atoms with Crippen LogP contribution in [0.3, 0.4) is 0 Å². The molecule has 7 nitrogen and oxygen atoms in total. The second-order valence-corrected chi connectivity index (χ2v) is 7.35. The number of nitrogens with one attached hydrogen (secondary N) is 3. The molecule has 1 aliphatic rings. The number of nitrogens with zero attached hydrogens (tertiary/aromatic N) is 1. The number of anilines is 1. The lowest BCUT2D eigenvalue weighted by molar-refractivity contribution is -0.115. The van der Waals surface area contributed by atoms with E-state index in [1.54, 1.807) is 7.05 Å². The Morgan fingerprint density at radius 1 is 1.20 bits per heavy atom. The number of ether oxygens (including phenoxy) is 2. The summed E-state index contributed by atoms with van der Waals surface area (Å²) in [6.45, 7) is 4.94. The van der Waals surface area contributed by atoms with E-state index >= 15 is 0 Å². The molecule has 2 aromatic rings. The van der Waals surface area contributed by atoms with Crippen LogP contribution < -0.4 is 20.7 Å². The molecule has 0 radical (unpaired) electrons. The molecule has 0 bridgehead atoms. The van der Waals surface area contributed by atoms with Crippen LogP contribution in [0.2, 0.25) is 0 Å². The third-order valence-electron chi connectivity index (χ3n) is 4.87. The number of benzene rings is 2. The van der Waals surface area contributed by atoms with E-state index in [1.165, 1.54) is 0 Å². The molecule has 0 aromatic heterocycles. The molecule has 0 spiro atoms. The van der Waals surface area contributed by atoms with E-state index in [0.29, 0.717) is 25.0 Å². The summed E-state index contributed by atoms with van der Waals surface area (Å²) in [6, 6.07) is 15.5. The fourth-order valence-electron chi connectivity index (χ4n) is 3.15. The van der Waals surface area contributed by atoms with Crippen molar-refractivity contribution in [1.82, 2.24) is 10.6 Å². The van der Waals surface area contributed by atoms with Crippen LogP contribution in [-0.2, 0) is 16.1 Å². The predicted molar refractivity (Wildman–Crippen MR) is 119 cm³/mol. The molecule has 1 heterocycles. The van der Waals surface area contributed by atoms with Crippen molar-refractivity contribution in [3.05, 3.63) is 59.7 Å². The largest absolute Gasteiger partial charge is 0.493 e. The summed E-state index contributed by atoms with van der Waals surface area (Å²) in [5.41, 5.74) is 2.95. The Kier molecular flexibility index (Phi) is 8.09. The van der Waals surface area contributed by atoms with Crippen molar-refractivity contribution in [2.75, 3.05) is 38.7 Å². The van der Waals surface area contributed by atoms with Crippen LogP contribution >= 0.6 is 0 Å². The van der Waals surface area contributed by atoms with E-state index in [9.17, 15) is 4.79 Å². The first-order valence-corrected chi connectivity index (χ1v) is 10.2. The summed E-state index contributed by atoms with van der Waals surface area (Å²) in [5, 5.41) is 9.12. The second-order valence-electron chi connectivity index (χ2n) is 7.35. The van der Waals surface area contributed by atoms with Crippen LogP contribution in [0.15, 0.2) is 53.5 Å². The maximum absolute atomic E-state index is 12.1. The number of guanidine groups is 1. The highest BCUT2D eigenvalue weighted by atomic mass is 16.5. The molecule has 1 unspecified atom stereocenters.